The minimum atomic E-state index is -0.347. The third kappa shape index (κ3) is 4.79. The first kappa shape index (κ1) is 16.5. The first-order valence-electron chi connectivity index (χ1n) is 7.43. The van der Waals surface area contributed by atoms with Crippen molar-refractivity contribution >= 4 is 5.91 Å². The van der Waals surface area contributed by atoms with E-state index in [4.69, 9.17) is 0 Å². The van der Waals surface area contributed by atoms with Crippen molar-refractivity contribution in [1.29, 1.82) is 0 Å². The van der Waals surface area contributed by atoms with Crippen molar-refractivity contribution < 1.29 is 4.79 Å². The Hall–Kier alpha value is -0.570. The van der Waals surface area contributed by atoms with Crippen molar-refractivity contribution in [3.63, 3.8) is 0 Å². The maximum atomic E-state index is 11.8. The molecule has 1 fully saturated rings. The van der Waals surface area contributed by atoms with E-state index in [0.29, 0.717) is 16.9 Å². The zero-order valence-electron chi connectivity index (χ0n) is 13.8. The van der Waals surface area contributed by atoms with Crippen LogP contribution < -0.4 is 10.6 Å². The van der Waals surface area contributed by atoms with Gasteiger partial charge in [-0.05, 0) is 43.9 Å². The van der Waals surface area contributed by atoms with Crippen molar-refractivity contribution in [1.82, 2.24) is 10.6 Å². The number of carbonyl (C=O) groups is 1. The van der Waals surface area contributed by atoms with Crippen LogP contribution in [0, 0.1) is 16.2 Å². The molecule has 0 spiro atoms. The normalized spacial score (nSPS) is 23.1. The van der Waals surface area contributed by atoms with E-state index in [1.54, 1.807) is 7.05 Å². The van der Waals surface area contributed by atoms with Gasteiger partial charge in [0.1, 0.15) is 0 Å². The van der Waals surface area contributed by atoms with Gasteiger partial charge in [0.25, 0.3) is 0 Å². The van der Waals surface area contributed by atoms with Crippen LogP contribution in [0.2, 0.25) is 0 Å². The minimum Gasteiger partial charge on any atom is -0.359 e. The molecule has 1 aliphatic carbocycles. The van der Waals surface area contributed by atoms with Gasteiger partial charge in [-0.2, -0.15) is 0 Å². The van der Waals surface area contributed by atoms with Crippen LogP contribution in [0.3, 0.4) is 0 Å². The molecule has 0 atom stereocenters. The minimum absolute atomic E-state index is 0.106. The van der Waals surface area contributed by atoms with Crippen LogP contribution in [0.15, 0.2) is 0 Å². The van der Waals surface area contributed by atoms with E-state index in [0.717, 1.165) is 6.54 Å². The van der Waals surface area contributed by atoms with Gasteiger partial charge in [-0.1, -0.05) is 27.7 Å². The van der Waals surface area contributed by atoms with E-state index in [1.165, 1.54) is 19.3 Å². The van der Waals surface area contributed by atoms with Crippen LogP contribution in [0.1, 0.15) is 60.8 Å². The second kappa shape index (κ2) is 5.43. The fraction of sp³-hybridized carbons (Fsp3) is 0.938. The van der Waals surface area contributed by atoms with Gasteiger partial charge in [0, 0.05) is 19.6 Å². The average molecular weight is 268 g/mol. The first-order valence-corrected chi connectivity index (χ1v) is 7.43. The Morgan fingerprint density at radius 2 is 1.63 bits per heavy atom. The molecular weight excluding hydrogens is 236 g/mol. The number of hydrogen-bond donors (Lipinski definition) is 2. The first-order chi connectivity index (χ1) is 8.47. The molecule has 3 heteroatoms. The molecule has 1 rings (SSSR count). The van der Waals surface area contributed by atoms with Gasteiger partial charge in [0.15, 0.2) is 0 Å². The number of carbonyl (C=O) groups excluding carboxylic acids is 1. The molecule has 0 radical (unpaired) electrons. The molecule has 0 aliphatic heterocycles. The molecule has 19 heavy (non-hydrogen) atoms. The number of amides is 1. The summed E-state index contributed by atoms with van der Waals surface area (Å²) in [5.74, 6) is 0.106. The smallest absolute Gasteiger partial charge is 0.226 e. The van der Waals surface area contributed by atoms with E-state index in [9.17, 15) is 4.79 Å². The molecule has 3 nitrogen and oxygen atoms in total. The lowest BCUT2D eigenvalue weighted by Gasteiger charge is -2.45. The molecule has 1 saturated carbocycles. The second-order valence-corrected chi connectivity index (χ2v) is 8.45. The Labute approximate surface area is 118 Å². The molecule has 0 heterocycles. The number of hydrogen-bond acceptors (Lipinski definition) is 2. The molecule has 0 aromatic rings. The molecule has 1 amide bonds. The van der Waals surface area contributed by atoms with Gasteiger partial charge in [-0.25, -0.2) is 0 Å². The Kier molecular flexibility index (Phi) is 4.71. The van der Waals surface area contributed by atoms with Crippen molar-refractivity contribution in [3.05, 3.63) is 0 Å². The van der Waals surface area contributed by atoms with E-state index >= 15 is 0 Å². The molecule has 0 bridgehead atoms. The van der Waals surface area contributed by atoms with E-state index < -0.39 is 0 Å². The summed E-state index contributed by atoms with van der Waals surface area (Å²) in [6.07, 6.45) is 3.66. The van der Waals surface area contributed by atoms with Crippen LogP contribution in [0.25, 0.3) is 0 Å². The van der Waals surface area contributed by atoms with E-state index in [2.05, 4.69) is 38.3 Å². The third-order valence-electron chi connectivity index (χ3n) is 4.23. The topological polar surface area (TPSA) is 41.1 Å². The van der Waals surface area contributed by atoms with Crippen LogP contribution in [-0.2, 0) is 4.79 Å². The monoisotopic (exact) mass is 268 g/mol. The fourth-order valence-electron chi connectivity index (χ4n) is 3.81. The van der Waals surface area contributed by atoms with Gasteiger partial charge in [0.05, 0.1) is 5.41 Å². The third-order valence-corrected chi connectivity index (χ3v) is 4.23. The lowest BCUT2D eigenvalue weighted by molar-refractivity contribution is -0.128. The number of nitrogens with one attached hydrogen (secondary N) is 2. The Balaban J connectivity index is 2.60. The molecule has 112 valence electrons. The SMILES string of the molecule is CNC(=O)C(C)(C)CNC1CC(C)(C)CC(C)(C)C1. The summed E-state index contributed by atoms with van der Waals surface area (Å²) in [7, 11) is 1.71. The van der Waals surface area contributed by atoms with Gasteiger partial charge >= 0.3 is 0 Å². The zero-order valence-corrected chi connectivity index (χ0v) is 13.8. The number of rotatable bonds is 4. The highest BCUT2D eigenvalue weighted by Gasteiger charge is 2.39. The fourth-order valence-corrected chi connectivity index (χ4v) is 3.81. The van der Waals surface area contributed by atoms with Crippen molar-refractivity contribution in [3.8, 4) is 0 Å². The van der Waals surface area contributed by atoms with Crippen LogP contribution in [0.5, 0.6) is 0 Å². The van der Waals surface area contributed by atoms with Crippen LogP contribution in [-0.4, -0.2) is 25.5 Å². The molecule has 0 unspecified atom stereocenters. The van der Waals surface area contributed by atoms with Crippen molar-refractivity contribution in [2.24, 2.45) is 16.2 Å². The predicted molar refractivity (Wildman–Crippen MR) is 81.1 cm³/mol. The van der Waals surface area contributed by atoms with Gasteiger partial charge in [0.2, 0.25) is 5.91 Å². The van der Waals surface area contributed by atoms with E-state index in [-0.39, 0.29) is 11.3 Å². The average Bonchev–Trinajstić information content (AvgIpc) is 2.21. The largest absolute Gasteiger partial charge is 0.359 e. The highest BCUT2D eigenvalue weighted by molar-refractivity contribution is 5.81. The Bertz CT molecular complexity index is 316. The van der Waals surface area contributed by atoms with Gasteiger partial charge in [-0.15, -0.1) is 0 Å². The highest BCUT2D eigenvalue weighted by atomic mass is 16.2. The highest BCUT2D eigenvalue weighted by Crippen LogP contribution is 2.45. The van der Waals surface area contributed by atoms with Gasteiger partial charge in [-0.3, -0.25) is 4.79 Å². The summed E-state index contributed by atoms with van der Waals surface area (Å²) >= 11 is 0. The summed E-state index contributed by atoms with van der Waals surface area (Å²) in [4.78, 5) is 11.8. The molecule has 1 aliphatic rings. The standard InChI is InChI=1S/C16H32N2O/c1-14(2)8-12(9-15(3,4)10-14)18-11-16(5,6)13(19)17-7/h12,18H,8-11H2,1-7H3,(H,17,19). The lowest BCUT2D eigenvalue weighted by atomic mass is 9.63. The van der Waals surface area contributed by atoms with Crippen LogP contribution in [0.4, 0.5) is 0 Å². The summed E-state index contributed by atoms with van der Waals surface area (Å²) in [6, 6.07) is 0.516. The Morgan fingerprint density at radius 3 is 2.05 bits per heavy atom. The Morgan fingerprint density at radius 1 is 1.16 bits per heavy atom. The van der Waals surface area contributed by atoms with Crippen molar-refractivity contribution in [2.75, 3.05) is 13.6 Å². The van der Waals surface area contributed by atoms with Crippen molar-refractivity contribution in [2.45, 2.75) is 66.8 Å². The summed E-state index contributed by atoms with van der Waals surface area (Å²) in [5, 5.41) is 6.37. The van der Waals surface area contributed by atoms with Gasteiger partial charge < -0.3 is 10.6 Å². The molecule has 0 aromatic carbocycles. The maximum Gasteiger partial charge on any atom is 0.226 e. The molecule has 2 N–H and O–H groups in total. The predicted octanol–water partition coefficient (Wildman–Crippen LogP) is 2.95. The molecule has 0 saturated heterocycles. The summed E-state index contributed by atoms with van der Waals surface area (Å²) in [6.45, 7) is 14.2. The zero-order chi connectivity index (χ0) is 14.9. The maximum absolute atomic E-state index is 11.8. The van der Waals surface area contributed by atoms with Crippen LogP contribution >= 0.6 is 0 Å². The second-order valence-electron chi connectivity index (χ2n) is 8.45. The summed E-state index contributed by atoms with van der Waals surface area (Å²) in [5.41, 5.74) is 0.424. The molecular formula is C16H32N2O. The summed E-state index contributed by atoms with van der Waals surface area (Å²) < 4.78 is 0. The van der Waals surface area contributed by atoms with E-state index in [1.807, 2.05) is 13.8 Å². The quantitative estimate of drug-likeness (QED) is 0.823. The molecule has 0 aromatic heterocycles. The lowest BCUT2D eigenvalue weighted by Crippen LogP contribution is -2.49.